The highest BCUT2D eigenvalue weighted by atomic mass is 32.1. The van der Waals surface area contributed by atoms with Crippen molar-refractivity contribution in [3.8, 4) is 17.3 Å². The Balaban J connectivity index is 1.62. The Morgan fingerprint density at radius 3 is 2.73 bits per heavy atom. The summed E-state index contributed by atoms with van der Waals surface area (Å²) < 4.78 is 0. The van der Waals surface area contributed by atoms with Crippen molar-refractivity contribution in [2.75, 3.05) is 5.32 Å². The summed E-state index contributed by atoms with van der Waals surface area (Å²) >= 11 is 2.97. The van der Waals surface area contributed by atoms with E-state index in [1.54, 1.807) is 6.20 Å². The van der Waals surface area contributed by atoms with Gasteiger partial charge in [0.25, 0.3) is 0 Å². The maximum atomic E-state index is 9.36. The highest BCUT2D eigenvalue weighted by molar-refractivity contribution is 7.14. The van der Waals surface area contributed by atoms with E-state index in [1.165, 1.54) is 33.4 Å². The lowest BCUT2D eigenvalue weighted by Gasteiger charge is -2.03. The SMILES string of the molecule is Cc1csc(/C(C#N)=C/Nc2nc(-c3cccc4ccccc34)cs2)n1. The van der Waals surface area contributed by atoms with Crippen molar-refractivity contribution in [1.82, 2.24) is 9.97 Å². The van der Waals surface area contributed by atoms with E-state index in [0.717, 1.165) is 22.1 Å². The first kappa shape index (κ1) is 16.5. The van der Waals surface area contributed by atoms with Crippen molar-refractivity contribution in [3.63, 3.8) is 0 Å². The summed E-state index contributed by atoms with van der Waals surface area (Å²) in [7, 11) is 0. The van der Waals surface area contributed by atoms with Crippen LogP contribution in [-0.2, 0) is 0 Å². The van der Waals surface area contributed by atoms with Crippen molar-refractivity contribution >= 4 is 44.2 Å². The third-order valence-electron chi connectivity index (χ3n) is 3.88. The van der Waals surface area contributed by atoms with Crippen molar-refractivity contribution in [2.24, 2.45) is 0 Å². The van der Waals surface area contributed by atoms with Crippen LogP contribution in [0.2, 0.25) is 0 Å². The van der Waals surface area contributed by atoms with Crippen LogP contribution in [0.5, 0.6) is 0 Å². The fraction of sp³-hybridized carbons (Fsp3) is 0.0500. The minimum Gasteiger partial charge on any atom is -0.337 e. The number of aryl methyl sites for hydroxylation is 1. The van der Waals surface area contributed by atoms with Crippen molar-refractivity contribution in [2.45, 2.75) is 6.92 Å². The van der Waals surface area contributed by atoms with Gasteiger partial charge in [-0.3, -0.25) is 0 Å². The van der Waals surface area contributed by atoms with Crippen LogP contribution in [0.15, 0.2) is 59.4 Å². The highest BCUT2D eigenvalue weighted by Crippen LogP contribution is 2.31. The average Bonchev–Trinajstić information content (AvgIpc) is 3.31. The number of nitrogens with one attached hydrogen (secondary N) is 1. The molecule has 0 spiro atoms. The summed E-state index contributed by atoms with van der Waals surface area (Å²) in [5, 5.41) is 20.3. The molecule has 2 heterocycles. The molecule has 1 N–H and O–H groups in total. The van der Waals surface area contributed by atoms with Gasteiger partial charge in [0.2, 0.25) is 0 Å². The quantitative estimate of drug-likeness (QED) is 0.465. The van der Waals surface area contributed by atoms with Crippen LogP contribution in [0.25, 0.3) is 27.6 Å². The zero-order valence-electron chi connectivity index (χ0n) is 13.9. The molecule has 2 aromatic carbocycles. The maximum Gasteiger partial charge on any atom is 0.187 e. The molecule has 4 rings (SSSR count). The Labute approximate surface area is 159 Å². The zero-order chi connectivity index (χ0) is 17.9. The van der Waals surface area contributed by atoms with Crippen LogP contribution in [0.3, 0.4) is 0 Å². The molecule has 126 valence electrons. The largest absolute Gasteiger partial charge is 0.337 e. The van der Waals surface area contributed by atoms with Crippen LogP contribution in [0.1, 0.15) is 10.7 Å². The molecule has 6 heteroatoms. The van der Waals surface area contributed by atoms with Crippen LogP contribution in [0, 0.1) is 18.3 Å². The monoisotopic (exact) mass is 374 g/mol. The minimum absolute atomic E-state index is 0.505. The molecule has 4 aromatic rings. The number of aromatic nitrogens is 2. The number of rotatable bonds is 4. The summed E-state index contributed by atoms with van der Waals surface area (Å²) in [5.74, 6) is 0. The lowest BCUT2D eigenvalue weighted by molar-refractivity contribution is 1.24. The van der Waals surface area contributed by atoms with E-state index in [9.17, 15) is 5.26 Å². The number of anilines is 1. The number of benzene rings is 2. The molecule has 0 atom stereocenters. The Hall–Kier alpha value is -3.01. The molecule has 0 amide bonds. The predicted octanol–water partition coefficient (Wildman–Crippen LogP) is 5.70. The minimum atomic E-state index is 0.505. The second kappa shape index (κ2) is 7.08. The Morgan fingerprint density at radius 1 is 1.08 bits per heavy atom. The van der Waals surface area contributed by atoms with Crippen molar-refractivity contribution in [3.05, 3.63) is 70.1 Å². The molecule has 0 aliphatic heterocycles. The molecule has 26 heavy (non-hydrogen) atoms. The molecule has 0 unspecified atom stereocenters. The van der Waals surface area contributed by atoms with E-state index in [1.807, 2.05) is 35.9 Å². The molecule has 0 saturated carbocycles. The Kier molecular flexibility index (Phi) is 4.48. The zero-order valence-corrected chi connectivity index (χ0v) is 15.6. The highest BCUT2D eigenvalue weighted by Gasteiger charge is 2.09. The number of hydrogen-bond donors (Lipinski definition) is 1. The molecule has 2 aromatic heterocycles. The first-order chi connectivity index (χ1) is 12.7. The van der Waals surface area contributed by atoms with E-state index in [2.05, 4.69) is 45.6 Å². The number of fused-ring (bicyclic) bond motifs is 1. The molecule has 0 fully saturated rings. The number of allylic oxidation sites excluding steroid dienone is 1. The van der Waals surface area contributed by atoms with Gasteiger partial charge in [0.1, 0.15) is 16.6 Å². The third-order valence-corrected chi connectivity index (χ3v) is 5.65. The lowest BCUT2D eigenvalue weighted by Crippen LogP contribution is -1.91. The maximum absolute atomic E-state index is 9.36. The number of thiazole rings is 2. The normalized spacial score (nSPS) is 11.5. The summed E-state index contributed by atoms with van der Waals surface area (Å²) in [4.78, 5) is 9.02. The lowest BCUT2D eigenvalue weighted by atomic mass is 10.0. The standard InChI is InChI=1S/C20H14N4S2/c1-13-11-25-19(23-13)15(9-21)10-22-20-24-18(12-26-20)17-8-4-6-14-5-2-3-7-16(14)17/h2-8,10-12H,1H3,(H,22,24)/b15-10+. The fourth-order valence-electron chi connectivity index (χ4n) is 2.67. The second-order valence-electron chi connectivity index (χ2n) is 5.67. The first-order valence-corrected chi connectivity index (χ1v) is 9.73. The van der Waals surface area contributed by atoms with Gasteiger partial charge in [0.05, 0.1) is 5.69 Å². The van der Waals surface area contributed by atoms with E-state index >= 15 is 0 Å². The van der Waals surface area contributed by atoms with Crippen LogP contribution >= 0.6 is 22.7 Å². The van der Waals surface area contributed by atoms with Gasteiger partial charge in [-0.25, -0.2) is 9.97 Å². The molecule has 0 radical (unpaired) electrons. The Bertz CT molecular complexity index is 1140. The van der Waals surface area contributed by atoms with E-state index in [0.29, 0.717) is 10.6 Å². The van der Waals surface area contributed by atoms with Crippen LogP contribution in [0.4, 0.5) is 5.13 Å². The molecular formula is C20H14N4S2. The summed E-state index contributed by atoms with van der Waals surface area (Å²) in [5.41, 5.74) is 3.45. The fourth-order valence-corrected chi connectivity index (χ4v) is 4.11. The molecule has 0 aliphatic rings. The van der Waals surface area contributed by atoms with Gasteiger partial charge in [-0.2, -0.15) is 5.26 Å². The van der Waals surface area contributed by atoms with Gasteiger partial charge < -0.3 is 5.32 Å². The van der Waals surface area contributed by atoms with Gasteiger partial charge in [-0.1, -0.05) is 42.5 Å². The molecule has 0 bridgehead atoms. The smallest absolute Gasteiger partial charge is 0.187 e. The van der Waals surface area contributed by atoms with Crippen LogP contribution in [-0.4, -0.2) is 9.97 Å². The van der Waals surface area contributed by atoms with Gasteiger partial charge >= 0.3 is 0 Å². The Morgan fingerprint density at radius 2 is 1.92 bits per heavy atom. The number of hydrogen-bond acceptors (Lipinski definition) is 6. The summed E-state index contributed by atoms with van der Waals surface area (Å²) in [6.07, 6.45) is 1.67. The average molecular weight is 374 g/mol. The topological polar surface area (TPSA) is 61.6 Å². The number of nitrogens with zero attached hydrogens (tertiary/aromatic N) is 3. The first-order valence-electron chi connectivity index (χ1n) is 7.97. The summed E-state index contributed by atoms with van der Waals surface area (Å²) in [6, 6.07) is 16.7. The molecule has 0 aliphatic carbocycles. The van der Waals surface area contributed by atoms with E-state index < -0.39 is 0 Å². The summed E-state index contributed by atoms with van der Waals surface area (Å²) in [6.45, 7) is 1.92. The van der Waals surface area contributed by atoms with Gasteiger partial charge in [0, 0.05) is 28.2 Å². The third kappa shape index (κ3) is 3.23. The molecule has 0 saturated heterocycles. The predicted molar refractivity (Wildman–Crippen MR) is 109 cm³/mol. The molecular weight excluding hydrogens is 360 g/mol. The second-order valence-corrected chi connectivity index (χ2v) is 7.39. The number of nitriles is 1. The van der Waals surface area contributed by atoms with Gasteiger partial charge in [-0.15, -0.1) is 22.7 Å². The van der Waals surface area contributed by atoms with Crippen molar-refractivity contribution < 1.29 is 0 Å². The van der Waals surface area contributed by atoms with E-state index in [-0.39, 0.29) is 0 Å². The van der Waals surface area contributed by atoms with Gasteiger partial charge in [0.15, 0.2) is 5.13 Å². The van der Waals surface area contributed by atoms with Crippen LogP contribution < -0.4 is 5.32 Å². The van der Waals surface area contributed by atoms with E-state index in [4.69, 9.17) is 0 Å². The van der Waals surface area contributed by atoms with Gasteiger partial charge in [-0.05, 0) is 17.7 Å². The van der Waals surface area contributed by atoms with Crippen molar-refractivity contribution in [1.29, 1.82) is 5.26 Å². The molecule has 4 nitrogen and oxygen atoms in total.